The average Bonchev–Trinajstić information content (AvgIpc) is 2.87. The molecule has 0 saturated heterocycles. The number of hydrogen-bond donors (Lipinski definition) is 0. The molecule has 2 aromatic rings. The summed E-state index contributed by atoms with van der Waals surface area (Å²) in [5.74, 6) is 0. The number of halogens is 1. The summed E-state index contributed by atoms with van der Waals surface area (Å²) in [6.45, 7) is 3.92. The van der Waals surface area contributed by atoms with Crippen LogP contribution in [0.3, 0.4) is 0 Å². The molecule has 1 atom stereocenters. The third kappa shape index (κ3) is 2.52. The van der Waals surface area contributed by atoms with E-state index in [1.54, 1.807) is 18.6 Å². The fraction of sp³-hybridized carbons (Fsp3) is 0.545. The number of thiazole rings is 1. The zero-order valence-electron chi connectivity index (χ0n) is 11.0. The normalized spacial score (nSPS) is 14.4. The Morgan fingerprint density at radius 3 is 2.89 bits per heavy atom. The zero-order chi connectivity index (χ0) is 14.2. The van der Waals surface area contributed by atoms with Crippen molar-refractivity contribution in [3.63, 3.8) is 0 Å². The van der Waals surface area contributed by atoms with E-state index < -0.39 is 10.0 Å². The van der Waals surface area contributed by atoms with E-state index in [4.69, 9.17) is 11.6 Å². The molecular formula is C11H16ClN3O2S2. The highest BCUT2D eigenvalue weighted by Gasteiger charge is 2.31. The Bertz CT molecular complexity index is 677. The molecule has 0 aliphatic carbocycles. The van der Waals surface area contributed by atoms with Crippen LogP contribution in [0.5, 0.6) is 0 Å². The van der Waals surface area contributed by atoms with Crippen LogP contribution in [0.4, 0.5) is 0 Å². The summed E-state index contributed by atoms with van der Waals surface area (Å²) in [6.07, 6.45) is 3.40. The number of hydrogen-bond acceptors (Lipinski definition) is 4. The molecule has 0 aliphatic heterocycles. The van der Waals surface area contributed by atoms with Crippen LogP contribution in [0.2, 0.25) is 5.15 Å². The average molecular weight is 322 g/mol. The molecule has 2 rings (SSSR count). The van der Waals surface area contributed by atoms with Crippen LogP contribution in [0.1, 0.15) is 26.7 Å². The second-order valence-electron chi connectivity index (χ2n) is 4.42. The van der Waals surface area contributed by atoms with E-state index in [2.05, 4.69) is 4.98 Å². The van der Waals surface area contributed by atoms with E-state index in [-0.39, 0.29) is 16.2 Å². The highest BCUT2D eigenvalue weighted by Crippen LogP contribution is 2.28. The monoisotopic (exact) mass is 321 g/mol. The van der Waals surface area contributed by atoms with Crippen molar-refractivity contribution in [1.82, 2.24) is 13.7 Å². The molecule has 0 aromatic carbocycles. The van der Waals surface area contributed by atoms with Gasteiger partial charge in [0.15, 0.2) is 15.1 Å². The summed E-state index contributed by atoms with van der Waals surface area (Å²) in [4.78, 5) is 4.65. The van der Waals surface area contributed by atoms with Gasteiger partial charge in [-0.1, -0.05) is 24.9 Å². The molecule has 2 aromatic heterocycles. The Kier molecular flexibility index (Phi) is 4.20. The molecule has 5 nitrogen and oxygen atoms in total. The van der Waals surface area contributed by atoms with Crippen LogP contribution in [0.25, 0.3) is 4.96 Å². The Hall–Kier alpha value is -0.630. The molecule has 2 heterocycles. The zero-order valence-corrected chi connectivity index (χ0v) is 13.4. The molecule has 0 spiro atoms. The Morgan fingerprint density at radius 1 is 1.58 bits per heavy atom. The number of sulfonamides is 1. The first kappa shape index (κ1) is 14.8. The molecule has 0 N–H and O–H groups in total. The lowest BCUT2D eigenvalue weighted by molar-refractivity contribution is 0.367. The van der Waals surface area contributed by atoms with Crippen molar-refractivity contribution < 1.29 is 8.42 Å². The highest BCUT2D eigenvalue weighted by atomic mass is 35.5. The summed E-state index contributed by atoms with van der Waals surface area (Å²) in [7, 11) is -2.05. The van der Waals surface area contributed by atoms with Crippen molar-refractivity contribution in [1.29, 1.82) is 0 Å². The summed E-state index contributed by atoms with van der Waals surface area (Å²) in [6, 6.07) is -0.0738. The first-order valence-corrected chi connectivity index (χ1v) is 8.68. The van der Waals surface area contributed by atoms with Gasteiger partial charge in [-0.3, -0.25) is 4.40 Å². The van der Waals surface area contributed by atoms with Gasteiger partial charge in [-0.2, -0.15) is 4.31 Å². The van der Waals surface area contributed by atoms with E-state index in [1.165, 1.54) is 20.0 Å². The van der Waals surface area contributed by atoms with Gasteiger partial charge in [0.25, 0.3) is 10.0 Å². The van der Waals surface area contributed by atoms with Gasteiger partial charge in [0, 0.05) is 24.7 Å². The molecule has 0 amide bonds. The maximum atomic E-state index is 12.6. The predicted molar refractivity (Wildman–Crippen MR) is 77.4 cm³/mol. The van der Waals surface area contributed by atoms with Crippen LogP contribution in [0, 0.1) is 0 Å². The van der Waals surface area contributed by atoms with E-state index >= 15 is 0 Å². The van der Waals surface area contributed by atoms with Crippen LogP contribution < -0.4 is 0 Å². The van der Waals surface area contributed by atoms with Gasteiger partial charge in [0.05, 0.1) is 0 Å². The predicted octanol–water partition coefficient (Wildman–Crippen LogP) is 2.86. The second kappa shape index (κ2) is 5.40. The molecule has 0 saturated carbocycles. The molecule has 8 heteroatoms. The van der Waals surface area contributed by atoms with E-state index in [9.17, 15) is 8.42 Å². The van der Waals surface area contributed by atoms with E-state index in [0.29, 0.717) is 4.96 Å². The molecule has 0 fully saturated rings. The minimum atomic E-state index is -3.64. The van der Waals surface area contributed by atoms with Crippen molar-refractivity contribution in [3.8, 4) is 0 Å². The third-order valence-corrected chi connectivity index (χ3v) is 6.26. The topological polar surface area (TPSA) is 54.7 Å². The van der Waals surface area contributed by atoms with Crippen LogP contribution in [0.15, 0.2) is 16.6 Å². The SMILES string of the molecule is CCCC(C)N(C)S(=O)(=O)c1c(Cl)nc2sccn12. The summed E-state index contributed by atoms with van der Waals surface area (Å²) >= 11 is 7.34. The Balaban J connectivity index is 2.49. The number of imidazole rings is 1. The van der Waals surface area contributed by atoms with Crippen molar-refractivity contribution in [3.05, 3.63) is 16.7 Å². The van der Waals surface area contributed by atoms with Crippen LogP contribution in [-0.4, -0.2) is 35.2 Å². The lowest BCUT2D eigenvalue weighted by atomic mass is 10.2. The van der Waals surface area contributed by atoms with Crippen molar-refractivity contribution in [2.24, 2.45) is 0 Å². The van der Waals surface area contributed by atoms with Gasteiger partial charge in [-0.05, 0) is 13.3 Å². The van der Waals surface area contributed by atoms with Gasteiger partial charge in [-0.25, -0.2) is 13.4 Å². The standard InChI is InChI=1S/C11H16ClN3O2S2/c1-4-5-8(2)14(3)19(16,17)10-9(12)13-11-15(10)6-7-18-11/h6-8H,4-5H2,1-3H3. The lowest BCUT2D eigenvalue weighted by Gasteiger charge is -2.23. The smallest absolute Gasteiger partial charge is 0.262 e. The van der Waals surface area contributed by atoms with E-state index in [1.807, 2.05) is 13.8 Å². The molecule has 19 heavy (non-hydrogen) atoms. The molecular weight excluding hydrogens is 306 g/mol. The van der Waals surface area contributed by atoms with E-state index in [0.717, 1.165) is 12.8 Å². The van der Waals surface area contributed by atoms with Gasteiger partial charge >= 0.3 is 0 Å². The minimum Gasteiger partial charge on any atom is -0.279 e. The maximum absolute atomic E-state index is 12.6. The molecule has 0 radical (unpaired) electrons. The first-order valence-electron chi connectivity index (χ1n) is 5.98. The molecule has 106 valence electrons. The van der Waals surface area contributed by atoms with Gasteiger partial charge < -0.3 is 0 Å². The van der Waals surface area contributed by atoms with Crippen LogP contribution in [-0.2, 0) is 10.0 Å². The van der Waals surface area contributed by atoms with Gasteiger partial charge in [-0.15, -0.1) is 11.3 Å². The Labute approximate surface area is 121 Å². The van der Waals surface area contributed by atoms with Crippen LogP contribution >= 0.6 is 22.9 Å². The minimum absolute atomic E-state index is 0.0300. The van der Waals surface area contributed by atoms with Crippen molar-refractivity contribution in [2.45, 2.75) is 37.8 Å². The summed E-state index contributed by atoms with van der Waals surface area (Å²) < 4.78 is 28.1. The number of fused-ring (bicyclic) bond motifs is 1. The Morgan fingerprint density at radius 2 is 2.26 bits per heavy atom. The molecule has 1 unspecified atom stereocenters. The van der Waals surface area contributed by atoms with Gasteiger partial charge in [0.1, 0.15) is 0 Å². The number of nitrogens with zero attached hydrogens (tertiary/aromatic N) is 3. The van der Waals surface area contributed by atoms with Crippen molar-refractivity contribution in [2.75, 3.05) is 7.05 Å². The second-order valence-corrected chi connectivity index (χ2v) is 7.57. The third-order valence-electron chi connectivity index (χ3n) is 3.13. The number of rotatable bonds is 5. The van der Waals surface area contributed by atoms with Crippen molar-refractivity contribution >= 4 is 37.9 Å². The van der Waals surface area contributed by atoms with Gasteiger partial charge in [0.2, 0.25) is 0 Å². The quantitative estimate of drug-likeness (QED) is 0.851. The summed E-state index contributed by atoms with van der Waals surface area (Å²) in [5, 5.41) is 1.87. The fourth-order valence-corrected chi connectivity index (χ4v) is 4.73. The maximum Gasteiger partial charge on any atom is 0.262 e. The molecule has 0 bridgehead atoms. The summed E-state index contributed by atoms with van der Waals surface area (Å²) in [5.41, 5.74) is 0. The highest BCUT2D eigenvalue weighted by molar-refractivity contribution is 7.89. The fourth-order valence-electron chi connectivity index (χ4n) is 1.94. The largest absolute Gasteiger partial charge is 0.279 e. The molecule has 0 aliphatic rings. The first-order chi connectivity index (χ1) is 8.89. The lowest BCUT2D eigenvalue weighted by Crippen LogP contribution is -2.35. The number of aromatic nitrogens is 2.